The topological polar surface area (TPSA) is 63.6 Å². The standard InChI is InChI=1S/C13H10FN3O2S/c14-9-3-1-8(2-4-9)10-7-11(19-17-10)12(18)16-13-15-5-6-20-13/h1-6,11H,7H2,(H,15,16,18). The zero-order valence-corrected chi connectivity index (χ0v) is 11.1. The molecule has 1 aliphatic heterocycles. The van der Waals surface area contributed by atoms with E-state index in [1.807, 2.05) is 0 Å². The van der Waals surface area contributed by atoms with E-state index < -0.39 is 6.10 Å². The molecule has 102 valence electrons. The number of hydrogen-bond donors (Lipinski definition) is 1. The SMILES string of the molecule is O=C(Nc1nccs1)C1CC(c2ccc(F)cc2)=NO1. The fourth-order valence-corrected chi connectivity index (χ4v) is 2.33. The number of carbonyl (C=O) groups excluding carboxylic acids is 1. The van der Waals surface area contributed by atoms with Crippen molar-refractivity contribution in [3.05, 3.63) is 47.2 Å². The normalized spacial score (nSPS) is 17.4. The van der Waals surface area contributed by atoms with Crippen molar-refractivity contribution in [1.82, 2.24) is 4.98 Å². The van der Waals surface area contributed by atoms with Crippen LogP contribution in [-0.4, -0.2) is 22.7 Å². The summed E-state index contributed by atoms with van der Waals surface area (Å²) >= 11 is 1.33. The summed E-state index contributed by atoms with van der Waals surface area (Å²) in [5.41, 5.74) is 1.38. The summed E-state index contributed by atoms with van der Waals surface area (Å²) in [5, 5.41) is 8.83. The molecule has 2 heterocycles. The quantitative estimate of drug-likeness (QED) is 0.944. The van der Waals surface area contributed by atoms with Gasteiger partial charge in [0.1, 0.15) is 5.82 Å². The largest absolute Gasteiger partial charge is 0.382 e. The molecule has 0 saturated heterocycles. The van der Waals surface area contributed by atoms with E-state index in [1.165, 1.54) is 23.5 Å². The smallest absolute Gasteiger partial charge is 0.270 e. The first-order valence-electron chi connectivity index (χ1n) is 5.91. The molecule has 3 rings (SSSR count). The summed E-state index contributed by atoms with van der Waals surface area (Å²) in [6.45, 7) is 0. The van der Waals surface area contributed by atoms with Crippen LogP contribution in [0.1, 0.15) is 12.0 Å². The molecule has 0 radical (unpaired) electrons. The maximum Gasteiger partial charge on any atom is 0.270 e. The fraction of sp³-hybridized carbons (Fsp3) is 0.154. The van der Waals surface area contributed by atoms with Crippen LogP contribution in [0.15, 0.2) is 41.0 Å². The van der Waals surface area contributed by atoms with Crippen LogP contribution in [0, 0.1) is 5.82 Å². The van der Waals surface area contributed by atoms with Gasteiger partial charge in [-0.3, -0.25) is 10.1 Å². The maximum atomic E-state index is 12.8. The van der Waals surface area contributed by atoms with Gasteiger partial charge in [0.05, 0.1) is 5.71 Å². The molecule has 1 aliphatic rings. The van der Waals surface area contributed by atoms with Gasteiger partial charge in [-0.2, -0.15) is 0 Å². The summed E-state index contributed by atoms with van der Waals surface area (Å²) in [6.07, 6.45) is 1.28. The Morgan fingerprint density at radius 2 is 2.20 bits per heavy atom. The number of oxime groups is 1. The molecule has 1 N–H and O–H groups in total. The average molecular weight is 291 g/mol. The van der Waals surface area contributed by atoms with Gasteiger partial charge in [0, 0.05) is 18.0 Å². The highest BCUT2D eigenvalue weighted by molar-refractivity contribution is 7.13. The van der Waals surface area contributed by atoms with Crippen LogP contribution in [0.5, 0.6) is 0 Å². The predicted octanol–water partition coefficient (Wildman–Crippen LogP) is 2.41. The Bertz CT molecular complexity index is 640. The van der Waals surface area contributed by atoms with Crippen molar-refractivity contribution in [2.45, 2.75) is 12.5 Å². The van der Waals surface area contributed by atoms with Crippen molar-refractivity contribution >= 4 is 28.1 Å². The first kappa shape index (κ1) is 12.7. The molecule has 1 aromatic heterocycles. The fourth-order valence-electron chi connectivity index (χ4n) is 1.80. The van der Waals surface area contributed by atoms with E-state index in [-0.39, 0.29) is 11.7 Å². The van der Waals surface area contributed by atoms with Gasteiger partial charge in [0.15, 0.2) is 5.13 Å². The lowest BCUT2D eigenvalue weighted by atomic mass is 10.0. The van der Waals surface area contributed by atoms with Gasteiger partial charge in [-0.05, 0) is 17.7 Å². The van der Waals surface area contributed by atoms with Crippen LogP contribution >= 0.6 is 11.3 Å². The lowest BCUT2D eigenvalue weighted by Gasteiger charge is -2.06. The second kappa shape index (κ2) is 5.38. The number of benzene rings is 1. The number of thiazole rings is 1. The minimum atomic E-state index is -0.682. The van der Waals surface area contributed by atoms with Crippen LogP contribution < -0.4 is 5.32 Å². The lowest BCUT2D eigenvalue weighted by Crippen LogP contribution is -2.27. The van der Waals surface area contributed by atoms with Crippen LogP contribution in [0.2, 0.25) is 0 Å². The Hall–Kier alpha value is -2.28. The Morgan fingerprint density at radius 3 is 2.90 bits per heavy atom. The van der Waals surface area contributed by atoms with Gasteiger partial charge in [0.25, 0.3) is 5.91 Å². The third-order valence-electron chi connectivity index (χ3n) is 2.80. The van der Waals surface area contributed by atoms with E-state index in [9.17, 15) is 9.18 Å². The first-order chi connectivity index (χ1) is 9.72. The highest BCUT2D eigenvalue weighted by Gasteiger charge is 2.29. The number of carbonyl (C=O) groups is 1. The van der Waals surface area contributed by atoms with Crippen molar-refractivity contribution < 1.29 is 14.0 Å². The van der Waals surface area contributed by atoms with E-state index in [4.69, 9.17) is 4.84 Å². The van der Waals surface area contributed by atoms with E-state index in [0.29, 0.717) is 17.3 Å². The van der Waals surface area contributed by atoms with Gasteiger partial charge in [0.2, 0.25) is 6.10 Å². The highest BCUT2D eigenvalue weighted by atomic mass is 32.1. The van der Waals surface area contributed by atoms with E-state index in [1.54, 1.807) is 23.7 Å². The molecule has 7 heteroatoms. The number of nitrogens with zero attached hydrogens (tertiary/aromatic N) is 2. The number of anilines is 1. The Kier molecular flexibility index (Phi) is 3.42. The molecule has 1 amide bonds. The number of amides is 1. The molecule has 2 aromatic rings. The molecule has 0 spiro atoms. The number of nitrogens with one attached hydrogen (secondary N) is 1. The van der Waals surface area contributed by atoms with Crippen molar-refractivity contribution in [2.75, 3.05) is 5.32 Å². The highest BCUT2D eigenvalue weighted by Crippen LogP contribution is 2.19. The molecule has 20 heavy (non-hydrogen) atoms. The Labute approximate surface area is 118 Å². The number of aromatic nitrogens is 1. The summed E-state index contributed by atoms with van der Waals surface area (Å²) in [4.78, 5) is 21.0. The van der Waals surface area contributed by atoms with Crippen LogP contribution in [-0.2, 0) is 9.63 Å². The van der Waals surface area contributed by atoms with Gasteiger partial charge in [-0.1, -0.05) is 17.3 Å². The zero-order valence-electron chi connectivity index (χ0n) is 10.2. The van der Waals surface area contributed by atoms with Crippen molar-refractivity contribution in [1.29, 1.82) is 0 Å². The van der Waals surface area contributed by atoms with Gasteiger partial charge < -0.3 is 4.84 Å². The molecule has 0 saturated carbocycles. The molecular formula is C13H10FN3O2S. The monoisotopic (exact) mass is 291 g/mol. The summed E-state index contributed by atoms with van der Waals surface area (Å²) in [6, 6.07) is 5.92. The maximum absolute atomic E-state index is 12.8. The Morgan fingerprint density at radius 1 is 1.40 bits per heavy atom. The number of halogens is 1. The van der Waals surface area contributed by atoms with Gasteiger partial charge in [-0.15, -0.1) is 11.3 Å². The molecule has 0 fully saturated rings. The molecular weight excluding hydrogens is 281 g/mol. The molecule has 5 nitrogen and oxygen atoms in total. The molecule has 1 aromatic carbocycles. The van der Waals surface area contributed by atoms with E-state index >= 15 is 0 Å². The van der Waals surface area contributed by atoms with Crippen LogP contribution in [0.3, 0.4) is 0 Å². The van der Waals surface area contributed by atoms with Gasteiger partial charge >= 0.3 is 0 Å². The Balaban J connectivity index is 1.63. The summed E-state index contributed by atoms with van der Waals surface area (Å²) in [5.74, 6) is -0.605. The second-order valence-corrected chi connectivity index (χ2v) is 5.06. The summed E-state index contributed by atoms with van der Waals surface area (Å²) in [7, 11) is 0. The number of hydrogen-bond acceptors (Lipinski definition) is 5. The van der Waals surface area contributed by atoms with Crippen LogP contribution in [0.4, 0.5) is 9.52 Å². The van der Waals surface area contributed by atoms with Crippen molar-refractivity contribution in [2.24, 2.45) is 5.16 Å². The van der Waals surface area contributed by atoms with E-state index in [0.717, 1.165) is 5.56 Å². The third kappa shape index (κ3) is 2.67. The molecule has 1 unspecified atom stereocenters. The van der Waals surface area contributed by atoms with Gasteiger partial charge in [-0.25, -0.2) is 9.37 Å². The lowest BCUT2D eigenvalue weighted by molar-refractivity contribution is -0.125. The minimum Gasteiger partial charge on any atom is -0.382 e. The summed E-state index contributed by atoms with van der Waals surface area (Å²) < 4.78 is 12.8. The molecule has 0 bridgehead atoms. The zero-order chi connectivity index (χ0) is 13.9. The number of rotatable bonds is 3. The molecule has 1 atom stereocenters. The predicted molar refractivity (Wildman–Crippen MR) is 73.2 cm³/mol. The van der Waals surface area contributed by atoms with Crippen molar-refractivity contribution in [3.8, 4) is 0 Å². The third-order valence-corrected chi connectivity index (χ3v) is 3.49. The van der Waals surface area contributed by atoms with E-state index in [2.05, 4.69) is 15.5 Å². The first-order valence-corrected chi connectivity index (χ1v) is 6.79. The molecule has 0 aliphatic carbocycles. The van der Waals surface area contributed by atoms with Crippen molar-refractivity contribution in [3.63, 3.8) is 0 Å². The second-order valence-electron chi connectivity index (χ2n) is 4.17. The van der Waals surface area contributed by atoms with Crippen LogP contribution in [0.25, 0.3) is 0 Å². The average Bonchev–Trinajstić information content (AvgIpc) is 3.10. The minimum absolute atomic E-state index is 0.291.